The van der Waals surface area contributed by atoms with E-state index in [-0.39, 0.29) is 5.91 Å². The van der Waals surface area contributed by atoms with Crippen molar-refractivity contribution >= 4 is 5.91 Å². The predicted molar refractivity (Wildman–Crippen MR) is 100.0 cm³/mol. The molecule has 2 aromatic rings. The summed E-state index contributed by atoms with van der Waals surface area (Å²) in [4.78, 5) is 14.0. The number of hydrogen-bond acceptors (Lipinski definition) is 3. The van der Waals surface area contributed by atoms with E-state index in [1.54, 1.807) is 4.90 Å². The molecule has 0 aliphatic heterocycles. The molecule has 0 aromatic heterocycles. The molecule has 4 heteroatoms. The zero-order valence-corrected chi connectivity index (χ0v) is 15.3. The van der Waals surface area contributed by atoms with Gasteiger partial charge in [-0.1, -0.05) is 24.3 Å². The summed E-state index contributed by atoms with van der Waals surface area (Å²) in [6.07, 6.45) is 1.19. The van der Waals surface area contributed by atoms with E-state index in [4.69, 9.17) is 9.47 Å². The molecule has 0 aliphatic carbocycles. The van der Waals surface area contributed by atoms with Gasteiger partial charge in [0.2, 0.25) is 5.91 Å². The lowest BCUT2D eigenvalue weighted by Crippen LogP contribution is -2.26. The maximum Gasteiger partial charge on any atom is 0.222 e. The minimum absolute atomic E-state index is 0.127. The quantitative estimate of drug-likeness (QED) is 0.641. The first kappa shape index (κ1) is 18.8. The van der Waals surface area contributed by atoms with Gasteiger partial charge in [-0.05, 0) is 55.7 Å². The van der Waals surface area contributed by atoms with E-state index in [9.17, 15) is 4.79 Å². The molecule has 0 N–H and O–H groups in total. The van der Waals surface area contributed by atoms with Crippen molar-refractivity contribution in [3.8, 4) is 11.5 Å². The molecule has 0 spiro atoms. The van der Waals surface area contributed by atoms with Crippen LogP contribution in [0.5, 0.6) is 11.5 Å². The van der Waals surface area contributed by atoms with Gasteiger partial charge in [-0.2, -0.15) is 0 Å². The number of amides is 1. The van der Waals surface area contributed by atoms with Crippen LogP contribution in [-0.4, -0.2) is 31.1 Å². The largest absolute Gasteiger partial charge is 0.494 e. The van der Waals surface area contributed by atoms with Crippen LogP contribution in [0.3, 0.4) is 0 Å². The van der Waals surface area contributed by atoms with Crippen LogP contribution < -0.4 is 9.47 Å². The lowest BCUT2D eigenvalue weighted by atomic mass is 10.2. The van der Waals surface area contributed by atoms with Crippen molar-refractivity contribution in [3.05, 3.63) is 59.7 Å². The smallest absolute Gasteiger partial charge is 0.222 e. The number of nitrogens with zero attached hydrogens (tertiary/aromatic N) is 1. The molecule has 0 saturated heterocycles. The Morgan fingerprint density at radius 3 is 2.48 bits per heavy atom. The average Bonchev–Trinajstić information content (AvgIpc) is 2.60. The normalized spacial score (nSPS) is 10.4. The second-order valence-electron chi connectivity index (χ2n) is 6.10. The Kier molecular flexibility index (Phi) is 7.33. The van der Waals surface area contributed by atoms with Crippen molar-refractivity contribution in [2.45, 2.75) is 33.2 Å². The van der Waals surface area contributed by atoms with E-state index >= 15 is 0 Å². The van der Waals surface area contributed by atoms with Gasteiger partial charge < -0.3 is 14.4 Å². The Hall–Kier alpha value is -2.49. The minimum atomic E-state index is 0.127. The van der Waals surface area contributed by atoms with E-state index in [2.05, 4.69) is 0 Å². The third-order valence-electron chi connectivity index (χ3n) is 3.87. The van der Waals surface area contributed by atoms with Gasteiger partial charge in [-0.3, -0.25) is 4.79 Å². The zero-order valence-electron chi connectivity index (χ0n) is 15.3. The number of hydrogen-bond donors (Lipinski definition) is 0. The standard InChI is InChI=1S/C21H27NO3/c1-4-24-19-12-10-18(11-13-19)16-22(3)21(23)9-6-14-25-20-8-5-7-17(2)15-20/h5,7-8,10-13,15H,4,6,9,14,16H2,1-3H3. The topological polar surface area (TPSA) is 38.8 Å². The molecule has 0 bridgehead atoms. The molecule has 134 valence electrons. The second-order valence-corrected chi connectivity index (χ2v) is 6.10. The van der Waals surface area contributed by atoms with Crippen LogP contribution in [0, 0.1) is 6.92 Å². The summed E-state index contributed by atoms with van der Waals surface area (Å²) in [5.41, 5.74) is 2.26. The maximum absolute atomic E-state index is 12.2. The molecule has 0 fully saturated rings. The van der Waals surface area contributed by atoms with E-state index in [0.717, 1.165) is 17.1 Å². The molecule has 1 amide bonds. The summed E-state index contributed by atoms with van der Waals surface area (Å²) >= 11 is 0. The molecule has 25 heavy (non-hydrogen) atoms. The molecule has 2 rings (SSSR count). The van der Waals surface area contributed by atoms with Gasteiger partial charge in [-0.25, -0.2) is 0 Å². The second kappa shape index (κ2) is 9.72. The third kappa shape index (κ3) is 6.49. The first-order valence-electron chi connectivity index (χ1n) is 8.73. The number of rotatable bonds is 9. The summed E-state index contributed by atoms with van der Waals surface area (Å²) in [5.74, 6) is 1.84. The highest BCUT2D eigenvalue weighted by Gasteiger charge is 2.09. The summed E-state index contributed by atoms with van der Waals surface area (Å²) in [7, 11) is 1.83. The Bertz CT molecular complexity index is 667. The first-order valence-corrected chi connectivity index (χ1v) is 8.73. The molecule has 4 nitrogen and oxygen atoms in total. The van der Waals surface area contributed by atoms with Gasteiger partial charge in [0, 0.05) is 20.0 Å². The highest BCUT2D eigenvalue weighted by molar-refractivity contribution is 5.75. The van der Waals surface area contributed by atoms with Crippen LogP contribution in [0.25, 0.3) is 0 Å². The van der Waals surface area contributed by atoms with E-state index < -0.39 is 0 Å². The van der Waals surface area contributed by atoms with Gasteiger partial charge in [0.05, 0.1) is 13.2 Å². The van der Waals surface area contributed by atoms with Crippen LogP contribution >= 0.6 is 0 Å². The van der Waals surface area contributed by atoms with Crippen LogP contribution in [0.1, 0.15) is 30.9 Å². The maximum atomic E-state index is 12.2. The monoisotopic (exact) mass is 341 g/mol. The summed E-state index contributed by atoms with van der Waals surface area (Å²) in [5, 5.41) is 0. The van der Waals surface area contributed by atoms with E-state index in [1.165, 1.54) is 5.56 Å². The van der Waals surface area contributed by atoms with Crippen LogP contribution in [0.15, 0.2) is 48.5 Å². The number of carbonyl (C=O) groups is 1. The lowest BCUT2D eigenvalue weighted by molar-refractivity contribution is -0.130. The lowest BCUT2D eigenvalue weighted by Gasteiger charge is -2.17. The molecule has 0 heterocycles. The fourth-order valence-electron chi connectivity index (χ4n) is 2.53. The minimum Gasteiger partial charge on any atom is -0.494 e. The van der Waals surface area contributed by atoms with Gasteiger partial charge >= 0.3 is 0 Å². The van der Waals surface area contributed by atoms with Gasteiger partial charge in [0.1, 0.15) is 11.5 Å². The summed E-state index contributed by atoms with van der Waals surface area (Å²) in [6.45, 7) is 5.80. The molecule has 0 aliphatic rings. The predicted octanol–water partition coefficient (Wildman–Crippen LogP) is 4.21. The number of aryl methyl sites for hydroxylation is 1. The van der Waals surface area contributed by atoms with Gasteiger partial charge in [0.25, 0.3) is 0 Å². The van der Waals surface area contributed by atoms with Crippen molar-refractivity contribution in [1.29, 1.82) is 0 Å². The Morgan fingerprint density at radius 2 is 1.80 bits per heavy atom. The molecule has 0 atom stereocenters. The van der Waals surface area contributed by atoms with Crippen LogP contribution in [0.2, 0.25) is 0 Å². The summed E-state index contributed by atoms with van der Waals surface area (Å²) in [6, 6.07) is 15.8. The van der Waals surface area contributed by atoms with Crippen molar-refractivity contribution in [2.75, 3.05) is 20.3 Å². The van der Waals surface area contributed by atoms with Crippen molar-refractivity contribution in [3.63, 3.8) is 0 Å². The molecule has 0 radical (unpaired) electrons. The fourth-order valence-corrected chi connectivity index (χ4v) is 2.53. The van der Waals surface area contributed by atoms with Gasteiger partial charge in [-0.15, -0.1) is 0 Å². The van der Waals surface area contributed by atoms with Crippen molar-refractivity contribution < 1.29 is 14.3 Å². The van der Waals surface area contributed by atoms with Crippen molar-refractivity contribution in [2.24, 2.45) is 0 Å². The van der Waals surface area contributed by atoms with Crippen LogP contribution in [0.4, 0.5) is 0 Å². The Morgan fingerprint density at radius 1 is 1.04 bits per heavy atom. The zero-order chi connectivity index (χ0) is 18.1. The van der Waals surface area contributed by atoms with Gasteiger partial charge in [0.15, 0.2) is 0 Å². The highest BCUT2D eigenvalue weighted by atomic mass is 16.5. The summed E-state index contributed by atoms with van der Waals surface area (Å²) < 4.78 is 11.1. The number of benzene rings is 2. The SMILES string of the molecule is CCOc1ccc(CN(C)C(=O)CCCOc2cccc(C)c2)cc1. The molecular weight excluding hydrogens is 314 g/mol. The highest BCUT2D eigenvalue weighted by Crippen LogP contribution is 2.15. The van der Waals surface area contributed by atoms with Crippen molar-refractivity contribution in [1.82, 2.24) is 4.90 Å². The molecule has 2 aromatic carbocycles. The molecule has 0 unspecified atom stereocenters. The van der Waals surface area contributed by atoms with E-state index in [0.29, 0.717) is 32.6 Å². The van der Waals surface area contributed by atoms with Crippen LogP contribution in [-0.2, 0) is 11.3 Å². The number of carbonyl (C=O) groups excluding carboxylic acids is 1. The molecular formula is C21H27NO3. The fraction of sp³-hybridized carbons (Fsp3) is 0.381. The first-order chi connectivity index (χ1) is 12.1. The Labute approximate surface area is 150 Å². The molecule has 0 saturated carbocycles. The van der Waals surface area contributed by atoms with E-state index in [1.807, 2.05) is 69.4 Å². The third-order valence-corrected chi connectivity index (χ3v) is 3.87. The average molecular weight is 341 g/mol. The Balaban J connectivity index is 1.70. The number of ether oxygens (including phenoxy) is 2.